The molecule has 0 aliphatic heterocycles. The molecule has 0 radical (unpaired) electrons. The normalized spacial score (nSPS) is 11.9. The largest absolute Gasteiger partial charge is 0.493 e. The van der Waals surface area contributed by atoms with Crippen LogP contribution < -0.4 is 15.2 Å². The number of hydrogen-bond donors (Lipinski definition) is 2. The van der Waals surface area contributed by atoms with Crippen LogP contribution in [0, 0.1) is 0 Å². The number of methoxy groups -OCH3 is 2. The Kier molecular flexibility index (Phi) is 3.51. The Hall–Kier alpha value is -1.75. The first-order valence-corrected chi connectivity index (χ1v) is 4.29. The lowest BCUT2D eigenvalue weighted by atomic mass is 10.1. The number of amides is 1. The summed E-state index contributed by atoms with van der Waals surface area (Å²) in [7, 11) is 2.97. The zero-order valence-corrected chi connectivity index (χ0v) is 8.56. The molecule has 5 nitrogen and oxygen atoms in total. The van der Waals surface area contributed by atoms with Crippen molar-refractivity contribution in [1.82, 2.24) is 0 Å². The van der Waals surface area contributed by atoms with Crippen LogP contribution in [0.4, 0.5) is 0 Å². The third-order valence-electron chi connectivity index (χ3n) is 1.99. The lowest BCUT2D eigenvalue weighted by Gasteiger charge is -2.11. The van der Waals surface area contributed by atoms with Gasteiger partial charge in [-0.15, -0.1) is 0 Å². The number of carbonyl (C=O) groups excluding carboxylic acids is 1. The van der Waals surface area contributed by atoms with Crippen LogP contribution in [-0.2, 0) is 4.79 Å². The maximum Gasteiger partial charge on any atom is 0.250 e. The summed E-state index contributed by atoms with van der Waals surface area (Å²) in [5.41, 5.74) is 5.34. The van der Waals surface area contributed by atoms with Crippen LogP contribution in [-0.4, -0.2) is 25.2 Å². The maximum absolute atomic E-state index is 10.8. The van der Waals surface area contributed by atoms with E-state index in [0.29, 0.717) is 17.1 Å². The first-order chi connectivity index (χ1) is 7.10. The molecule has 1 atom stereocenters. The number of primary amides is 1. The number of rotatable bonds is 4. The van der Waals surface area contributed by atoms with Crippen LogP contribution in [0.1, 0.15) is 11.7 Å². The molecule has 0 aliphatic carbocycles. The molecule has 3 N–H and O–H groups in total. The van der Waals surface area contributed by atoms with Gasteiger partial charge >= 0.3 is 0 Å². The maximum atomic E-state index is 10.8. The van der Waals surface area contributed by atoms with Crippen molar-refractivity contribution in [2.24, 2.45) is 5.73 Å². The summed E-state index contributed by atoms with van der Waals surface area (Å²) in [5.74, 6) is 0.162. The number of hydrogen-bond acceptors (Lipinski definition) is 4. The fourth-order valence-electron chi connectivity index (χ4n) is 1.19. The van der Waals surface area contributed by atoms with Gasteiger partial charge in [0.1, 0.15) is 0 Å². The number of carbonyl (C=O) groups is 1. The molecule has 1 unspecified atom stereocenters. The first kappa shape index (κ1) is 11.3. The van der Waals surface area contributed by atoms with Crippen molar-refractivity contribution < 1.29 is 19.4 Å². The van der Waals surface area contributed by atoms with Crippen LogP contribution in [0.25, 0.3) is 0 Å². The standard InChI is InChI=1S/C10H13NO4/c1-14-7-4-3-6(5-8(7)15-2)9(12)10(11)13/h3-5,9,12H,1-2H3,(H2,11,13). The Labute approximate surface area is 87.4 Å². The van der Waals surface area contributed by atoms with Gasteiger partial charge in [-0.25, -0.2) is 0 Å². The van der Waals surface area contributed by atoms with Crippen molar-refractivity contribution in [2.75, 3.05) is 14.2 Å². The Morgan fingerprint density at radius 1 is 1.33 bits per heavy atom. The van der Waals surface area contributed by atoms with Crippen molar-refractivity contribution in [3.63, 3.8) is 0 Å². The summed E-state index contributed by atoms with van der Waals surface area (Å²) >= 11 is 0. The quantitative estimate of drug-likeness (QED) is 0.746. The van der Waals surface area contributed by atoms with E-state index in [1.54, 1.807) is 12.1 Å². The molecule has 5 heteroatoms. The van der Waals surface area contributed by atoms with E-state index in [4.69, 9.17) is 15.2 Å². The Balaban J connectivity index is 3.07. The van der Waals surface area contributed by atoms with Gasteiger partial charge in [0.05, 0.1) is 14.2 Å². The van der Waals surface area contributed by atoms with Crippen molar-refractivity contribution in [3.8, 4) is 11.5 Å². The highest BCUT2D eigenvalue weighted by molar-refractivity contribution is 5.80. The third-order valence-corrected chi connectivity index (χ3v) is 1.99. The lowest BCUT2D eigenvalue weighted by molar-refractivity contribution is -0.126. The zero-order chi connectivity index (χ0) is 11.4. The van der Waals surface area contributed by atoms with E-state index in [2.05, 4.69) is 0 Å². The van der Waals surface area contributed by atoms with Crippen LogP contribution in [0.2, 0.25) is 0 Å². The predicted octanol–water partition coefficient (Wildman–Crippen LogP) is 0.223. The van der Waals surface area contributed by atoms with Gasteiger partial charge in [0.25, 0.3) is 5.91 Å². The van der Waals surface area contributed by atoms with Crippen molar-refractivity contribution in [2.45, 2.75) is 6.10 Å². The van der Waals surface area contributed by atoms with Crippen LogP contribution in [0.5, 0.6) is 11.5 Å². The molecule has 0 spiro atoms. The fraction of sp³-hybridized carbons (Fsp3) is 0.300. The minimum absolute atomic E-state index is 0.375. The van der Waals surface area contributed by atoms with Crippen molar-refractivity contribution >= 4 is 5.91 Å². The van der Waals surface area contributed by atoms with Gasteiger partial charge in [0.2, 0.25) is 0 Å². The van der Waals surface area contributed by atoms with Gasteiger partial charge in [-0.05, 0) is 17.7 Å². The molecule has 1 amide bonds. The van der Waals surface area contributed by atoms with E-state index >= 15 is 0 Å². The molecular weight excluding hydrogens is 198 g/mol. The molecular formula is C10H13NO4. The number of benzene rings is 1. The van der Waals surface area contributed by atoms with Crippen LogP contribution >= 0.6 is 0 Å². The highest BCUT2D eigenvalue weighted by Gasteiger charge is 2.15. The highest BCUT2D eigenvalue weighted by atomic mass is 16.5. The number of nitrogens with two attached hydrogens (primary N) is 1. The monoisotopic (exact) mass is 211 g/mol. The third kappa shape index (κ3) is 2.38. The smallest absolute Gasteiger partial charge is 0.250 e. The molecule has 0 saturated carbocycles. The van der Waals surface area contributed by atoms with Gasteiger partial charge in [0, 0.05) is 0 Å². The average Bonchev–Trinajstić information content (AvgIpc) is 2.26. The highest BCUT2D eigenvalue weighted by Crippen LogP contribution is 2.29. The van der Waals surface area contributed by atoms with E-state index in [-0.39, 0.29) is 0 Å². The molecule has 0 saturated heterocycles. The summed E-state index contributed by atoms with van der Waals surface area (Å²) in [6.07, 6.45) is -1.33. The molecule has 1 aromatic carbocycles. The van der Waals surface area contributed by atoms with E-state index < -0.39 is 12.0 Å². The van der Waals surface area contributed by atoms with E-state index in [1.807, 2.05) is 0 Å². The summed E-state index contributed by atoms with van der Waals surface area (Å²) in [6.45, 7) is 0. The predicted molar refractivity (Wildman–Crippen MR) is 53.7 cm³/mol. The van der Waals surface area contributed by atoms with E-state index in [9.17, 15) is 9.90 Å². The van der Waals surface area contributed by atoms with Gasteiger partial charge in [-0.2, -0.15) is 0 Å². The second-order valence-electron chi connectivity index (χ2n) is 2.92. The minimum Gasteiger partial charge on any atom is -0.493 e. The van der Waals surface area contributed by atoms with Gasteiger partial charge in [-0.1, -0.05) is 6.07 Å². The summed E-state index contributed by atoms with van der Waals surface area (Å²) < 4.78 is 10.0. The average molecular weight is 211 g/mol. The van der Waals surface area contributed by atoms with Crippen molar-refractivity contribution in [3.05, 3.63) is 23.8 Å². The Morgan fingerprint density at radius 3 is 2.40 bits per heavy atom. The van der Waals surface area contributed by atoms with E-state index in [1.165, 1.54) is 20.3 Å². The lowest BCUT2D eigenvalue weighted by Crippen LogP contribution is -2.20. The Morgan fingerprint density at radius 2 is 1.93 bits per heavy atom. The Bertz CT molecular complexity index is 364. The molecule has 0 aliphatic rings. The second-order valence-corrected chi connectivity index (χ2v) is 2.92. The summed E-state index contributed by atoms with van der Waals surface area (Å²) in [5, 5.41) is 9.41. The molecule has 0 aromatic heterocycles. The molecule has 1 aromatic rings. The summed E-state index contributed by atoms with van der Waals surface area (Å²) in [4.78, 5) is 10.8. The molecule has 0 heterocycles. The molecule has 82 valence electrons. The molecule has 0 fully saturated rings. The van der Waals surface area contributed by atoms with Crippen LogP contribution in [0.15, 0.2) is 18.2 Å². The van der Waals surface area contributed by atoms with Gasteiger partial charge in [-0.3, -0.25) is 4.79 Å². The molecule has 1 rings (SSSR count). The molecule has 15 heavy (non-hydrogen) atoms. The van der Waals surface area contributed by atoms with Gasteiger partial charge in [0.15, 0.2) is 17.6 Å². The number of aliphatic hydroxyl groups is 1. The summed E-state index contributed by atoms with van der Waals surface area (Å²) in [6, 6.07) is 4.66. The van der Waals surface area contributed by atoms with Crippen LogP contribution in [0.3, 0.4) is 0 Å². The molecule has 0 bridgehead atoms. The zero-order valence-electron chi connectivity index (χ0n) is 8.56. The fourth-order valence-corrected chi connectivity index (χ4v) is 1.19. The second kappa shape index (κ2) is 4.65. The SMILES string of the molecule is COc1ccc(C(O)C(N)=O)cc1OC. The number of ether oxygens (including phenoxy) is 2. The number of aliphatic hydroxyl groups excluding tert-OH is 1. The van der Waals surface area contributed by atoms with Gasteiger partial charge < -0.3 is 20.3 Å². The topological polar surface area (TPSA) is 81.8 Å². The first-order valence-electron chi connectivity index (χ1n) is 4.29. The van der Waals surface area contributed by atoms with Crippen molar-refractivity contribution in [1.29, 1.82) is 0 Å². The minimum atomic E-state index is -1.33. The van der Waals surface area contributed by atoms with E-state index in [0.717, 1.165) is 0 Å².